The summed E-state index contributed by atoms with van der Waals surface area (Å²) < 4.78 is 5.26. The van der Waals surface area contributed by atoms with Gasteiger partial charge in [-0.2, -0.15) is 5.26 Å². The van der Waals surface area contributed by atoms with Gasteiger partial charge in [0.1, 0.15) is 6.04 Å². The van der Waals surface area contributed by atoms with Gasteiger partial charge < -0.3 is 4.74 Å². The van der Waals surface area contributed by atoms with Crippen molar-refractivity contribution in [2.24, 2.45) is 0 Å². The van der Waals surface area contributed by atoms with Gasteiger partial charge in [-0.05, 0) is 43.8 Å². The molecule has 0 saturated carbocycles. The van der Waals surface area contributed by atoms with Crippen molar-refractivity contribution >= 4 is 11.8 Å². The SMILES string of the molecule is CCOCCCNC(C#N)c1ccc(SC)cc1. The summed E-state index contributed by atoms with van der Waals surface area (Å²) in [6, 6.07) is 10.2. The van der Waals surface area contributed by atoms with Crippen LogP contribution in [0.3, 0.4) is 0 Å². The molecule has 1 rings (SSSR count). The number of rotatable bonds is 8. The Hall–Kier alpha value is -1.02. The van der Waals surface area contributed by atoms with E-state index in [2.05, 4.69) is 11.4 Å². The van der Waals surface area contributed by atoms with Gasteiger partial charge in [0.25, 0.3) is 0 Å². The summed E-state index contributed by atoms with van der Waals surface area (Å²) >= 11 is 1.70. The zero-order valence-corrected chi connectivity index (χ0v) is 11.8. The Bertz CT molecular complexity index is 372. The predicted molar refractivity (Wildman–Crippen MR) is 75.7 cm³/mol. The number of benzene rings is 1. The first-order valence-electron chi connectivity index (χ1n) is 6.16. The van der Waals surface area contributed by atoms with Gasteiger partial charge in [0.15, 0.2) is 0 Å². The molecule has 4 heteroatoms. The highest BCUT2D eigenvalue weighted by molar-refractivity contribution is 7.98. The Kier molecular flexibility index (Phi) is 7.51. The van der Waals surface area contributed by atoms with Crippen LogP contribution in [0, 0.1) is 11.3 Å². The van der Waals surface area contributed by atoms with Crippen molar-refractivity contribution in [3.8, 4) is 6.07 Å². The topological polar surface area (TPSA) is 45.0 Å². The maximum absolute atomic E-state index is 9.16. The van der Waals surface area contributed by atoms with Gasteiger partial charge in [-0.15, -0.1) is 11.8 Å². The van der Waals surface area contributed by atoms with E-state index in [0.717, 1.165) is 31.7 Å². The van der Waals surface area contributed by atoms with Gasteiger partial charge in [-0.3, -0.25) is 5.32 Å². The summed E-state index contributed by atoms with van der Waals surface area (Å²) in [4.78, 5) is 1.21. The van der Waals surface area contributed by atoms with Crippen molar-refractivity contribution in [1.29, 1.82) is 5.26 Å². The van der Waals surface area contributed by atoms with E-state index in [4.69, 9.17) is 10.00 Å². The molecule has 3 nitrogen and oxygen atoms in total. The van der Waals surface area contributed by atoms with Crippen LogP contribution in [-0.4, -0.2) is 26.0 Å². The van der Waals surface area contributed by atoms with Crippen LogP contribution in [0.15, 0.2) is 29.2 Å². The molecule has 0 radical (unpaired) electrons. The van der Waals surface area contributed by atoms with Gasteiger partial charge in [-0.1, -0.05) is 12.1 Å². The lowest BCUT2D eigenvalue weighted by atomic mass is 10.1. The molecule has 0 spiro atoms. The van der Waals surface area contributed by atoms with Crippen LogP contribution in [0.2, 0.25) is 0 Å². The number of nitrogens with one attached hydrogen (secondary N) is 1. The van der Waals surface area contributed by atoms with E-state index in [1.165, 1.54) is 4.90 Å². The molecule has 1 aromatic rings. The zero-order valence-electron chi connectivity index (χ0n) is 11.0. The molecule has 1 atom stereocenters. The second-order valence-electron chi connectivity index (χ2n) is 3.84. The molecule has 0 aliphatic heterocycles. The largest absolute Gasteiger partial charge is 0.382 e. The molecule has 18 heavy (non-hydrogen) atoms. The average Bonchev–Trinajstić information content (AvgIpc) is 2.43. The Morgan fingerprint density at radius 3 is 2.67 bits per heavy atom. The Balaban J connectivity index is 2.42. The van der Waals surface area contributed by atoms with E-state index in [-0.39, 0.29) is 6.04 Å². The summed E-state index contributed by atoms with van der Waals surface area (Å²) in [5.41, 5.74) is 1.02. The molecule has 1 aromatic carbocycles. The first kappa shape index (κ1) is 15.0. The van der Waals surface area contributed by atoms with Gasteiger partial charge in [0.2, 0.25) is 0 Å². The molecule has 0 saturated heterocycles. The summed E-state index contributed by atoms with van der Waals surface area (Å²) in [5, 5.41) is 12.4. The molecule has 0 heterocycles. The lowest BCUT2D eigenvalue weighted by molar-refractivity contribution is 0.144. The third-order valence-corrected chi connectivity index (χ3v) is 3.34. The average molecular weight is 264 g/mol. The zero-order chi connectivity index (χ0) is 13.2. The second kappa shape index (κ2) is 8.98. The number of hydrogen-bond donors (Lipinski definition) is 1. The number of nitrogens with zero attached hydrogens (tertiary/aromatic N) is 1. The number of thioether (sulfide) groups is 1. The first-order valence-corrected chi connectivity index (χ1v) is 7.39. The maximum atomic E-state index is 9.16. The van der Waals surface area contributed by atoms with Crippen molar-refractivity contribution in [1.82, 2.24) is 5.32 Å². The van der Waals surface area contributed by atoms with Crippen LogP contribution in [-0.2, 0) is 4.74 Å². The molecule has 0 bridgehead atoms. The van der Waals surface area contributed by atoms with Gasteiger partial charge >= 0.3 is 0 Å². The summed E-state index contributed by atoms with van der Waals surface area (Å²) in [7, 11) is 0. The molecular weight excluding hydrogens is 244 g/mol. The quantitative estimate of drug-likeness (QED) is 0.579. The standard InChI is InChI=1S/C14H20N2OS/c1-3-17-10-4-9-16-14(11-15)12-5-7-13(18-2)8-6-12/h5-8,14,16H,3-4,9-10H2,1-2H3. The molecule has 1 unspecified atom stereocenters. The minimum atomic E-state index is -0.234. The van der Waals surface area contributed by atoms with Crippen molar-refractivity contribution in [2.45, 2.75) is 24.3 Å². The summed E-state index contributed by atoms with van der Waals surface area (Å²) in [6.07, 6.45) is 2.97. The molecule has 0 aliphatic carbocycles. The van der Waals surface area contributed by atoms with Gasteiger partial charge in [0, 0.05) is 18.1 Å². The lowest BCUT2D eigenvalue weighted by Gasteiger charge is -2.12. The fourth-order valence-electron chi connectivity index (χ4n) is 1.60. The highest BCUT2D eigenvalue weighted by atomic mass is 32.2. The minimum Gasteiger partial charge on any atom is -0.382 e. The van der Waals surface area contributed by atoms with Crippen LogP contribution in [0.5, 0.6) is 0 Å². The highest BCUT2D eigenvalue weighted by Gasteiger charge is 2.08. The fraction of sp³-hybridized carbons (Fsp3) is 0.500. The third kappa shape index (κ3) is 5.09. The maximum Gasteiger partial charge on any atom is 0.121 e. The minimum absolute atomic E-state index is 0.234. The molecular formula is C14H20N2OS. The lowest BCUT2D eigenvalue weighted by Crippen LogP contribution is -2.22. The van der Waals surface area contributed by atoms with E-state index in [9.17, 15) is 0 Å². The van der Waals surface area contributed by atoms with Gasteiger partial charge in [0.05, 0.1) is 6.07 Å². The van der Waals surface area contributed by atoms with Crippen LogP contribution >= 0.6 is 11.8 Å². The summed E-state index contributed by atoms with van der Waals surface area (Å²) in [6.45, 7) is 4.27. The molecule has 1 N–H and O–H groups in total. The third-order valence-electron chi connectivity index (χ3n) is 2.60. The highest BCUT2D eigenvalue weighted by Crippen LogP contribution is 2.18. The fourth-order valence-corrected chi connectivity index (χ4v) is 2.01. The normalized spacial score (nSPS) is 12.1. The van der Waals surface area contributed by atoms with Crippen LogP contribution < -0.4 is 5.32 Å². The van der Waals surface area contributed by atoms with Crippen molar-refractivity contribution in [2.75, 3.05) is 26.0 Å². The van der Waals surface area contributed by atoms with Crippen LogP contribution in [0.4, 0.5) is 0 Å². The Morgan fingerprint density at radius 2 is 2.11 bits per heavy atom. The predicted octanol–water partition coefficient (Wildman–Crippen LogP) is 2.99. The van der Waals surface area contributed by atoms with Crippen LogP contribution in [0.25, 0.3) is 0 Å². The van der Waals surface area contributed by atoms with Gasteiger partial charge in [-0.25, -0.2) is 0 Å². The van der Waals surface area contributed by atoms with E-state index in [1.54, 1.807) is 11.8 Å². The molecule has 98 valence electrons. The second-order valence-corrected chi connectivity index (χ2v) is 4.72. The van der Waals surface area contributed by atoms with E-state index in [0.29, 0.717) is 0 Å². The molecule has 0 amide bonds. The number of hydrogen-bond acceptors (Lipinski definition) is 4. The van der Waals surface area contributed by atoms with Crippen LogP contribution in [0.1, 0.15) is 24.9 Å². The molecule has 0 aliphatic rings. The number of ether oxygens (including phenoxy) is 1. The van der Waals surface area contributed by atoms with Crippen molar-refractivity contribution in [3.05, 3.63) is 29.8 Å². The monoisotopic (exact) mass is 264 g/mol. The first-order chi connectivity index (χ1) is 8.81. The van der Waals surface area contributed by atoms with Crippen molar-refractivity contribution in [3.63, 3.8) is 0 Å². The number of nitriles is 1. The summed E-state index contributed by atoms with van der Waals surface area (Å²) in [5.74, 6) is 0. The van der Waals surface area contributed by atoms with E-state index < -0.39 is 0 Å². The molecule has 0 aromatic heterocycles. The smallest absolute Gasteiger partial charge is 0.121 e. The Morgan fingerprint density at radius 1 is 1.39 bits per heavy atom. The van der Waals surface area contributed by atoms with E-state index >= 15 is 0 Å². The Labute approximate surface area is 114 Å². The van der Waals surface area contributed by atoms with E-state index in [1.807, 2.05) is 37.4 Å². The van der Waals surface area contributed by atoms with Crippen molar-refractivity contribution < 1.29 is 4.74 Å². The molecule has 0 fully saturated rings.